The number of benzene rings is 4. The molecule has 1 aliphatic rings. The SMILES string of the molecule is O=C(O)c1ccc(SCC2CC(c3ccc(CO)cc3)OC(c3ccc(NC(=O)c4cnc5ccccc5n4)cc3)O2)cc1. The Kier molecular flexibility index (Phi) is 8.94. The summed E-state index contributed by atoms with van der Waals surface area (Å²) in [5, 5.41) is 21.5. The molecule has 3 atom stereocenters. The molecule has 0 radical (unpaired) electrons. The number of rotatable bonds is 9. The van der Waals surface area contributed by atoms with E-state index >= 15 is 0 Å². The van der Waals surface area contributed by atoms with Crippen LogP contribution >= 0.6 is 11.8 Å². The second-order valence-corrected chi connectivity index (χ2v) is 11.4. The van der Waals surface area contributed by atoms with Crippen LogP contribution in [0.1, 0.15) is 56.4 Å². The lowest BCUT2D eigenvalue weighted by Gasteiger charge is -2.36. The van der Waals surface area contributed by atoms with E-state index in [0.717, 1.165) is 27.1 Å². The Morgan fingerprint density at radius 3 is 2.27 bits per heavy atom. The summed E-state index contributed by atoms with van der Waals surface area (Å²) < 4.78 is 12.8. The summed E-state index contributed by atoms with van der Waals surface area (Å²) in [5.41, 5.74) is 5.03. The van der Waals surface area contributed by atoms with Crippen LogP contribution < -0.4 is 5.32 Å². The highest BCUT2D eigenvalue weighted by Gasteiger charge is 2.32. The fourth-order valence-corrected chi connectivity index (χ4v) is 5.81. The fourth-order valence-electron chi connectivity index (χ4n) is 4.89. The molecule has 0 aliphatic carbocycles. The second kappa shape index (κ2) is 13.4. The van der Waals surface area contributed by atoms with Crippen LogP contribution in [0.5, 0.6) is 0 Å². The van der Waals surface area contributed by atoms with Crippen LogP contribution in [0, 0.1) is 0 Å². The van der Waals surface area contributed by atoms with Gasteiger partial charge in [0, 0.05) is 28.3 Å². The van der Waals surface area contributed by atoms with Crippen molar-refractivity contribution in [3.63, 3.8) is 0 Å². The van der Waals surface area contributed by atoms with Gasteiger partial charge in [-0.2, -0.15) is 0 Å². The molecule has 9 nitrogen and oxygen atoms in total. The van der Waals surface area contributed by atoms with Gasteiger partial charge in [-0.15, -0.1) is 11.8 Å². The molecule has 222 valence electrons. The third-order valence-corrected chi connectivity index (χ3v) is 8.42. The maximum atomic E-state index is 12.9. The van der Waals surface area contributed by atoms with Gasteiger partial charge in [-0.1, -0.05) is 48.5 Å². The highest BCUT2D eigenvalue weighted by atomic mass is 32.2. The van der Waals surface area contributed by atoms with Crippen LogP contribution in [0.4, 0.5) is 5.69 Å². The zero-order chi connectivity index (χ0) is 30.5. The van der Waals surface area contributed by atoms with Gasteiger partial charge in [0.2, 0.25) is 0 Å². The maximum absolute atomic E-state index is 12.9. The van der Waals surface area contributed by atoms with Crippen molar-refractivity contribution < 1.29 is 29.3 Å². The number of ether oxygens (including phenoxy) is 2. The van der Waals surface area contributed by atoms with E-state index in [2.05, 4.69) is 15.3 Å². The number of nitrogens with one attached hydrogen (secondary N) is 1. The largest absolute Gasteiger partial charge is 0.478 e. The van der Waals surface area contributed by atoms with E-state index in [0.29, 0.717) is 23.4 Å². The lowest BCUT2D eigenvalue weighted by atomic mass is 10.0. The summed E-state index contributed by atoms with van der Waals surface area (Å²) in [4.78, 5) is 33.7. The molecular weight excluding hydrogens is 578 g/mol. The van der Waals surface area contributed by atoms with Crippen molar-refractivity contribution in [1.29, 1.82) is 0 Å². The Morgan fingerprint density at radius 1 is 0.864 bits per heavy atom. The Balaban J connectivity index is 1.16. The van der Waals surface area contributed by atoms with Crippen molar-refractivity contribution in [1.82, 2.24) is 9.97 Å². The minimum atomic E-state index is -0.958. The first-order valence-corrected chi connectivity index (χ1v) is 15.0. The average Bonchev–Trinajstić information content (AvgIpc) is 3.07. The van der Waals surface area contributed by atoms with Gasteiger partial charge in [0.05, 0.1) is 41.6 Å². The van der Waals surface area contributed by atoms with E-state index in [9.17, 15) is 19.8 Å². The fraction of sp³-hybridized carbons (Fsp3) is 0.176. The third-order valence-electron chi connectivity index (χ3n) is 7.27. The van der Waals surface area contributed by atoms with Gasteiger partial charge < -0.3 is 25.0 Å². The molecule has 5 aromatic rings. The first-order chi connectivity index (χ1) is 21.4. The topological polar surface area (TPSA) is 131 Å². The normalized spacial score (nSPS) is 18.2. The molecule has 3 unspecified atom stereocenters. The number of aromatic nitrogens is 2. The average molecular weight is 608 g/mol. The third kappa shape index (κ3) is 6.95. The molecule has 0 spiro atoms. The summed E-state index contributed by atoms with van der Waals surface area (Å²) in [7, 11) is 0. The summed E-state index contributed by atoms with van der Waals surface area (Å²) >= 11 is 1.59. The van der Waals surface area contributed by atoms with Crippen LogP contribution in [-0.4, -0.2) is 43.9 Å². The van der Waals surface area contributed by atoms with Crippen molar-refractivity contribution in [2.45, 2.75) is 36.4 Å². The quantitative estimate of drug-likeness (QED) is 0.163. The Hall–Kier alpha value is -4.61. The number of para-hydroxylation sites is 2. The number of carbonyl (C=O) groups excluding carboxylic acids is 1. The molecule has 0 bridgehead atoms. The van der Waals surface area contributed by atoms with Crippen molar-refractivity contribution in [3.8, 4) is 0 Å². The predicted octanol–water partition coefficient (Wildman–Crippen LogP) is 6.41. The van der Waals surface area contributed by atoms with Crippen LogP contribution in [0.2, 0.25) is 0 Å². The number of aromatic carboxylic acids is 1. The first kappa shape index (κ1) is 29.5. The van der Waals surface area contributed by atoms with E-state index < -0.39 is 12.3 Å². The number of carbonyl (C=O) groups is 2. The highest BCUT2D eigenvalue weighted by Crippen LogP contribution is 2.39. The van der Waals surface area contributed by atoms with Crippen molar-refractivity contribution >= 4 is 40.4 Å². The molecular formula is C34H29N3O6S. The number of nitrogens with zero attached hydrogens (tertiary/aromatic N) is 2. The number of hydrogen-bond acceptors (Lipinski definition) is 8. The van der Waals surface area contributed by atoms with Gasteiger partial charge in [0.1, 0.15) is 5.69 Å². The number of anilines is 1. The van der Waals surface area contributed by atoms with E-state index in [-0.39, 0.29) is 36.0 Å². The van der Waals surface area contributed by atoms with Gasteiger partial charge in [-0.25, -0.2) is 9.78 Å². The smallest absolute Gasteiger partial charge is 0.335 e. The number of hydrogen-bond donors (Lipinski definition) is 3. The molecule has 1 aromatic heterocycles. The zero-order valence-corrected chi connectivity index (χ0v) is 24.3. The molecule has 44 heavy (non-hydrogen) atoms. The molecule has 1 aliphatic heterocycles. The number of amides is 1. The highest BCUT2D eigenvalue weighted by molar-refractivity contribution is 7.99. The summed E-state index contributed by atoms with van der Waals surface area (Å²) in [6, 6.07) is 29.2. The molecule has 1 fully saturated rings. The maximum Gasteiger partial charge on any atom is 0.335 e. The lowest BCUT2D eigenvalue weighted by Crippen LogP contribution is -2.31. The number of aliphatic hydroxyl groups is 1. The van der Waals surface area contributed by atoms with E-state index in [1.54, 1.807) is 48.2 Å². The van der Waals surface area contributed by atoms with Crippen molar-refractivity contribution in [2.24, 2.45) is 0 Å². The first-order valence-electron chi connectivity index (χ1n) is 14.0. The molecule has 1 amide bonds. The monoisotopic (exact) mass is 607 g/mol. The van der Waals surface area contributed by atoms with Crippen LogP contribution in [-0.2, 0) is 16.1 Å². The molecule has 4 aromatic carbocycles. The standard InChI is InChI=1S/C34H29N3O6S/c38-19-21-5-7-22(8-6-21)31-17-26(20-44-27-15-11-23(12-16-27)33(40)41)42-34(43-31)24-9-13-25(14-10-24)36-32(39)30-18-35-28-3-1-2-4-29(28)37-30/h1-16,18,26,31,34,38H,17,19-20H2,(H,36,39)(H,40,41). The van der Waals surface area contributed by atoms with Crippen molar-refractivity contribution in [3.05, 3.63) is 131 Å². The Bertz CT molecular complexity index is 1760. The van der Waals surface area contributed by atoms with E-state index in [4.69, 9.17) is 9.47 Å². The summed E-state index contributed by atoms with van der Waals surface area (Å²) in [5.74, 6) is -0.681. The van der Waals surface area contributed by atoms with E-state index in [1.807, 2.05) is 60.7 Å². The number of fused-ring (bicyclic) bond motifs is 1. The number of aliphatic hydroxyl groups excluding tert-OH is 1. The van der Waals surface area contributed by atoms with Gasteiger partial charge in [0.15, 0.2) is 6.29 Å². The second-order valence-electron chi connectivity index (χ2n) is 10.3. The van der Waals surface area contributed by atoms with Gasteiger partial charge in [-0.3, -0.25) is 9.78 Å². The van der Waals surface area contributed by atoms with Gasteiger partial charge in [-0.05, 0) is 59.7 Å². The molecule has 3 N–H and O–H groups in total. The van der Waals surface area contributed by atoms with Gasteiger partial charge >= 0.3 is 5.97 Å². The summed E-state index contributed by atoms with van der Waals surface area (Å²) in [6.07, 6.45) is 1.03. The minimum Gasteiger partial charge on any atom is -0.478 e. The Morgan fingerprint density at radius 2 is 1.57 bits per heavy atom. The van der Waals surface area contributed by atoms with Gasteiger partial charge in [0.25, 0.3) is 5.91 Å². The van der Waals surface area contributed by atoms with Crippen LogP contribution in [0.3, 0.4) is 0 Å². The minimum absolute atomic E-state index is 0.0339. The number of carboxylic acid groups (broad SMARTS) is 1. The van der Waals surface area contributed by atoms with Crippen LogP contribution in [0.25, 0.3) is 11.0 Å². The Labute approximate surface area is 257 Å². The van der Waals surface area contributed by atoms with Crippen LogP contribution in [0.15, 0.2) is 108 Å². The molecule has 1 saturated heterocycles. The van der Waals surface area contributed by atoms with E-state index in [1.165, 1.54) is 6.20 Å². The molecule has 2 heterocycles. The predicted molar refractivity (Wildman–Crippen MR) is 166 cm³/mol. The summed E-state index contributed by atoms with van der Waals surface area (Å²) in [6.45, 7) is -0.0339. The molecule has 6 rings (SSSR count). The van der Waals surface area contributed by atoms with Crippen molar-refractivity contribution in [2.75, 3.05) is 11.1 Å². The zero-order valence-electron chi connectivity index (χ0n) is 23.5. The lowest BCUT2D eigenvalue weighted by molar-refractivity contribution is -0.245. The molecule has 10 heteroatoms. The molecule has 0 saturated carbocycles. The number of carboxylic acids is 1. The number of thioether (sulfide) groups is 1.